The summed E-state index contributed by atoms with van der Waals surface area (Å²) in [5, 5.41) is 1.37. The minimum absolute atomic E-state index is 0. The summed E-state index contributed by atoms with van der Waals surface area (Å²) >= 11 is 0. The lowest BCUT2D eigenvalue weighted by molar-refractivity contribution is 0.563. The normalized spacial score (nSPS) is 10.1. The van der Waals surface area contributed by atoms with Gasteiger partial charge in [0.05, 0.1) is 0 Å². The Balaban J connectivity index is 0.00000196. The Morgan fingerprint density at radius 1 is 1.07 bits per heavy atom. The fourth-order valence-corrected chi connectivity index (χ4v) is 2.48. The number of hydrogen-bond donors (Lipinski definition) is 0. The molecule has 0 aliphatic carbocycles. The highest BCUT2D eigenvalue weighted by atomic mass is 127. The van der Waals surface area contributed by atoms with Crippen molar-refractivity contribution in [2.24, 2.45) is 0 Å². The van der Waals surface area contributed by atoms with E-state index in [1.165, 1.54) is 36.6 Å². The fourth-order valence-electron chi connectivity index (χ4n) is 2.03. The first-order chi connectivity index (χ1) is 6.79. The molecular formula is C13H22IP. The molecule has 0 bridgehead atoms. The van der Waals surface area contributed by atoms with E-state index in [0.29, 0.717) is 0 Å². The molecule has 1 aromatic rings. The lowest BCUT2D eigenvalue weighted by atomic mass is 9.90. The van der Waals surface area contributed by atoms with Gasteiger partial charge in [-0.05, 0) is 29.6 Å². The molecule has 0 spiro atoms. The predicted molar refractivity (Wildman–Crippen MR) is 83.8 cm³/mol. The molecule has 0 amide bonds. The van der Waals surface area contributed by atoms with E-state index in [4.69, 9.17) is 0 Å². The first-order valence-corrected chi connectivity index (χ1v) is 6.21. The third-order valence-electron chi connectivity index (χ3n) is 2.71. The summed E-state index contributed by atoms with van der Waals surface area (Å²) in [7, 11) is 2.86. The molecule has 0 radical (unpaired) electrons. The van der Waals surface area contributed by atoms with Crippen molar-refractivity contribution in [3.63, 3.8) is 0 Å². The second kappa shape index (κ2) is 8.52. The molecule has 0 aliphatic rings. The maximum Gasteiger partial charge on any atom is -0.0156 e. The Morgan fingerprint density at radius 2 is 1.60 bits per heavy atom. The third-order valence-corrected chi connectivity index (χ3v) is 3.24. The van der Waals surface area contributed by atoms with Crippen LogP contribution in [0.2, 0.25) is 0 Å². The summed E-state index contributed by atoms with van der Waals surface area (Å²) in [5.41, 5.74) is 1.53. The molecule has 0 nitrogen and oxygen atoms in total. The number of halogens is 1. The molecule has 1 rings (SSSR count). The molecule has 0 saturated heterocycles. The van der Waals surface area contributed by atoms with Crippen LogP contribution in [0.25, 0.3) is 0 Å². The molecule has 86 valence electrons. The molecule has 1 atom stereocenters. The molecule has 0 aliphatic heterocycles. The van der Waals surface area contributed by atoms with Crippen molar-refractivity contribution in [1.29, 1.82) is 0 Å². The van der Waals surface area contributed by atoms with Crippen LogP contribution in [0.4, 0.5) is 0 Å². The van der Waals surface area contributed by atoms with Gasteiger partial charge >= 0.3 is 0 Å². The molecule has 2 heteroatoms. The van der Waals surface area contributed by atoms with E-state index in [0.717, 1.165) is 5.92 Å². The molecule has 1 unspecified atom stereocenters. The zero-order valence-electron chi connectivity index (χ0n) is 9.70. The summed E-state index contributed by atoms with van der Waals surface area (Å²) in [6.07, 6.45) is 5.20. The van der Waals surface area contributed by atoms with Gasteiger partial charge in [0.2, 0.25) is 0 Å². The smallest absolute Gasteiger partial charge is 0.0156 e. The molecule has 0 heterocycles. The Kier molecular flexibility index (Phi) is 8.74. The second-order valence-corrected chi connectivity index (χ2v) is 4.53. The van der Waals surface area contributed by atoms with Crippen molar-refractivity contribution < 1.29 is 0 Å². The van der Waals surface area contributed by atoms with Crippen LogP contribution in [0.1, 0.15) is 51.0 Å². The number of hydrogen-bond acceptors (Lipinski definition) is 0. The van der Waals surface area contributed by atoms with Crippen molar-refractivity contribution in [3.8, 4) is 0 Å². The first-order valence-electron chi connectivity index (χ1n) is 5.64. The maximum atomic E-state index is 2.86. The monoisotopic (exact) mass is 336 g/mol. The number of benzene rings is 1. The minimum Gasteiger partial charge on any atom is -0.107 e. The van der Waals surface area contributed by atoms with Crippen molar-refractivity contribution >= 4 is 38.5 Å². The van der Waals surface area contributed by atoms with Crippen LogP contribution >= 0.6 is 33.2 Å². The average molecular weight is 336 g/mol. The Hall–Kier alpha value is 0.380. The highest BCUT2D eigenvalue weighted by Crippen LogP contribution is 2.25. The summed E-state index contributed by atoms with van der Waals surface area (Å²) in [6, 6.07) is 8.73. The average Bonchev–Trinajstić information content (AvgIpc) is 2.18. The van der Waals surface area contributed by atoms with Crippen LogP contribution in [-0.4, -0.2) is 0 Å². The van der Waals surface area contributed by atoms with Crippen LogP contribution in [0, 0.1) is 0 Å². The van der Waals surface area contributed by atoms with E-state index in [2.05, 4.69) is 47.4 Å². The van der Waals surface area contributed by atoms with Crippen molar-refractivity contribution in [2.75, 3.05) is 0 Å². The maximum absolute atomic E-state index is 2.86. The molecule has 0 N–H and O–H groups in total. The lowest BCUT2D eigenvalue weighted by Crippen LogP contribution is -2.07. The summed E-state index contributed by atoms with van der Waals surface area (Å²) in [4.78, 5) is 0. The Morgan fingerprint density at radius 3 is 2.07 bits per heavy atom. The van der Waals surface area contributed by atoms with E-state index >= 15 is 0 Å². The van der Waals surface area contributed by atoms with Gasteiger partial charge in [0.15, 0.2) is 0 Å². The van der Waals surface area contributed by atoms with Crippen molar-refractivity contribution in [1.82, 2.24) is 0 Å². The molecule has 0 aromatic heterocycles. The van der Waals surface area contributed by atoms with Crippen LogP contribution in [-0.2, 0) is 0 Å². The van der Waals surface area contributed by atoms with Crippen LogP contribution in [0.15, 0.2) is 24.3 Å². The quantitative estimate of drug-likeness (QED) is 0.549. The van der Waals surface area contributed by atoms with Crippen molar-refractivity contribution in [3.05, 3.63) is 29.8 Å². The molecular weight excluding hydrogens is 314 g/mol. The standard InChI is InChI=1S/C13H21P.HI/c1-3-7-11(8-4-2)12-9-5-6-10-13(12)14;/h5-6,9-11H,3-4,7-8,14H2,1-2H3;1H. The Labute approximate surface area is 113 Å². The molecule has 0 saturated carbocycles. The van der Waals surface area contributed by atoms with Gasteiger partial charge in [-0.15, -0.1) is 33.2 Å². The molecule has 1 aromatic carbocycles. The molecule has 15 heavy (non-hydrogen) atoms. The number of rotatable bonds is 5. The highest BCUT2D eigenvalue weighted by Gasteiger charge is 2.11. The third kappa shape index (κ3) is 4.82. The highest BCUT2D eigenvalue weighted by molar-refractivity contribution is 14.0. The van der Waals surface area contributed by atoms with Crippen LogP contribution < -0.4 is 5.30 Å². The SMILES string of the molecule is CCCC(CCC)c1ccccc1P.I. The fraction of sp³-hybridized carbons (Fsp3) is 0.538. The Bertz CT molecular complexity index is 267. The van der Waals surface area contributed by atoms with Gasteiger partial charge in [-0.1, -0.05) is 51.0 Å². The van der Waals surface area contributed by atoms with Gasteiger partial charge in [-0.3, -0.25) is 0 Å². The lowest BCUT2D eigenvalue weighted by Gasteiger charge is -2.17. The van der Waals surface area contributed by atoms with E-state index in [1.54, 1.807) is 0 Å². The van der Waals surface area contributed by atoms with Crippen LogP contribution in [0.3, 0.4) is 0 Å². The summed E-state index contributed by atoms with van der Waals surface area (Å²) < 4.78 is 0. The van der Waals surface area contributed by atoms with E-state index < -0.39 is 0 Å². The van der Waals surface area contributed by atoms with E-state index in [9.17, 15) is 0 Å². The summed E-state index contributed by atoms with van der Waals surface area (Å²) in [6.45, 7) is 4.54. The first kappa shape index (κ1) is 15.4. The van der Waals surface area contributed by atoms with Gasteiger partial charge in [0.25, 0.3) is 0 Å². The van der Waals surface area contributed by atoms with Gasteiger partial charge in [0, 0.05) is 0 Å². The van der Waals surface area contributed by atoms with E-state index in [-0.39, 0.29) is 24.0 Å². The van der Waals surface area contributed by atoms with Gasteiger partial charge < -0.3 is 0 Å². The van der Waals surface area contributed by atoms with Gasteiger partial charge in [0.1, 0.15) is 0 Å². The topological polar surface area (TPSA) is 0 Å². The van der Waals surface area contributed by atoms with E-state index in [1.807, 2.05) is 0 Å². The second-order valence-electron chi connectivity index (χ2n) is 3.90. The largest absolute Gasteiger partial charge is 0.107 e. The van der Waals surface area contributed by atoms with Gasteiger partial charge in [-0.25, -0.2) is 0 Å². The zero-order chi connectivity index (χ0) is 10.4. The zero-order valence-corrected chi connectivity index (χ0v) is 13.2. The summed E-state index contributed by atoms with van der Waals surface area (Å²) in [5.74, 6) is 0.763. The van der Waals surface area contributed by atoms with Crippen LogP contribution in [0.5, 0.6) is 0 Å². The van der Waals surface area contributed by atoms with Gasteiger partial charge in [-0.2, -0.15) is 0 Å². The van der Waals surface area contributed by atoms with Crippen molar-refractivity contribution in [2.45, 2.75) is 45.4 Å². The minimum atomic E-state index is 0. The predicted octanol–water partition coefficient (Wildman–Crippen LogP) is 4.49. The molecule has 0 fully saturated rings.